The molecule has 0 unspecified atom stereocenters. The lowest BCUT2D eigenvalue weighted by atomic mass is 10.0. The molecule has 174 valence electrons. The molecule has 1 aliphatic rings. The summed E-state index contributed by atoms with van der Waals surface area (Å²) in [4.78, 5) is 12.5. The summed E-state index contributed by atoms with van der Waals surface area (Å²) in [6.07, 6.45) is 6.68. The van der Waals surface area contributed by atoms with Crippen molar-refractivity contribution in [1.29, 1.82) is 0 Å². The van der Waals surface area contributed by atoms with E-state index in [0.29, 0.717) is 29.7 Å². The van der Waals surface area contributed by atoms with E-state index < -0.39 is 0 Å². The second-order valence-corrected chi connectivity index (χ2v) is 10.3. The summed E-state index contributed by atoms with van der Waals surface area (Å²) < 4.78 is 2.03. The van der Waals surface area contributed by atoms with Gasteiger partial charge in [-0.2, -0.15) is 0 Å². The van der Waals surface area contributed by atoms with Crippen LogP contribution in [0.5, 0.6) is 0 Å². The van der Waals surface area contributed by atoms with Crippen molar-refractivity contribution in [3.63, 3.8) is 0 Å². The second kappa shape index (κ2) is 11.2. The minimum atomic E-state index is 0.0771. The van der Waals surface area contributed by atoms with Gasteiger partial charge in [0.05, 0.1) is 12.2 Å². The lowest BCUT2D eigenvalue weighted by Gasteiger charge is -2.14. The molecule has 33 heavy (non-hydrogen) atoms. The first kappa shape index (κ1) is 23.8. The third-order valence-corrected chi connectivity index (χ3v) is 7.50. The van der Waals surface area contributed by atoms with Crippen LogP contribution in [0.15, 0.2) is 47.6 Å². The number of aromatic nitrogens is 3. The van der Waals surface area contributed by atoms with Crippen molar-refractivity contribution in [2.75, 3.05) is 0 Å². The molecule has 0 bridgehead atoms. The van der Waals surface area contributed by atoms with Crippen LogP contribution in [0.25, 0.3) is 5.69 Å². The summed E-state index contributed by atoms with van der Waals surface area (Å²) in [5, 5.41) is 13.4. The van der Waals surface area contributed by atoms with Gasteiger partial charge in [0.15, 0.2) is 11.0 Å². The number of amides is 1. The maximum Gasteiger partial charge on any atom is 0.220 e. The number of rotatable bonds is 9. The molecule has 1 saturated carbocycles. The number of nitrogens with zero attached hydrogens (tertiary/aromatic N) is 3. The number of halogens is 1. The molecule has 4 rings (SSSR count). The molecule has 0 radical (unpaired) electrons. The van der Waals surface area contributed by atoms with E-state index >= 15 is 0 Å². The van der Waals surface area contributed by atoms with Crippen LogP contribution in [-0.4, -0.2) is 20.7 Å². The summed E-state index contributed by atoms with van der Waals surface area (Å²) in [6, 6.07) is 14.3. The van der Waals surface area contributed by atoms with Crippen LogP contribution in [0.3, 0.4) is 0 Å². The van der Waals surface area contributed by atoms with Crippen LogP contribution in [0, 0.1) is 19.8 Å². The second-order valence-electron chi connectivity index (χ2n) is 8.91. The lowest BCUT2D eigenvalue weighted by molar-refractivity contribution is -0.121. The van der Waals surface area contributed by atoms with Crippen molar-refractivity contribution in [3.05, 3.63) is 70.0 Å². The third kappa shape index (κ3) is 6.39. The first-order valence-corrected chi connectivity index (χ1v) is 13.0. The molecule has 1 heterocycles. The fourth-order valence-corrected chi connectivity index (χ4v) is 5.50. The van der Waals surface area contributed by atoms with Crippen molar-refractivity contribution >= 4 is 29.3 Å². The van der Waals surface area contributed by atoms with Crippen LogP contribution < -0.4 is 5.32 Å². The predicted molar refractivity (Wildman–Crippen MR) is 135 cm³/mol. The SMILES string of the molecule is Cc1cccc(CSc2nnc(CNC(=O)CCC3CCCC3)n2-c2cc(Cl)ccc2C)c1. The molecule has 0 saturated heterocycles. The molecular weight excluding hydrogens is 452 g/mol. The number of carbonyl (C=O) groups is 1. The summed E-state index contributed by atoms with van der Waals surface area (Å²) in [7, 11) is 0. The minimum Gasteiger partial charge on any atom is -0.349 e. The lowest BCUT2D eigenvalue weighted by Crippen LogP contribution is -2.25. The highest BCUT2D eigenvalue weighted by Gasteiger charge is 2.19. The predicted octanol–water partition coefficient (Wildman–Crippen LogP) is 6.42. The van der Waals surface area contributed by atoms with E-state index in [9.17, 15) is 4.79 Å². The molecule has 3 aromatic rings. The number of hydrogen-bond donors (Lipinski definition) is 1. The topological polar surface area (TPSA) is 59.8 Å². The van der Waals surface area contributed by atoms with E-state index in [4.69, 9.17) is 11.6 Å². The largest absolute Gasteiger partial charge is 0.349 e. The molecule has 1 fully saturated rings. The molecule has 2 aromatic carbocycles. The van der Waals surface area contributed by atoms with E-state index in [-0.39, 0.29) is 5.91 Å². The Labute approximate surface area is 205 Å². The Kier molecular flexibility index (Phi) is 8.10. The van der Waals surface area contributed by atoms with Gasteiger partial charge in [0.2, 0.25) is 5.91 Å². The molecule has 7 heteroatoms. The molecule has 1 amide bonds. The zero-order valence-corrected chi connectivity index (χ0v) is 20.9. The van der Waals surface area contributed by atoms with Gasteiger partial charge in [-0.1, -0.05) is 84.9 Å². The van der Waals surface area contributed by atoms with Crippen molar-refractivity contribution in [1.82, 2.24) is 20.1 Å². The zero-order chi connectivity index (χ0) is 23.2. The van der Waals surface area contributed by atoms with E-state index in [1.54, 1.807) is 11.8 Å². The number of nitrogens with one attached hydrogen (secondary N) is 1. The highest BCUT2D eigenvalue weighted by molar-refractivity contribution is 7.98. The van der Waals surface area contributed by atoms with Crippen molar-refractivity contribution < 1.29 is 4.79 Å². The maximum absolute atomic E-state index is 12.5. The van der Waals surface area contributed by atoms with E-state index in [0.717, 1.165) is 28.6 Å². The van der Waals surface area contributed by atoms with E-state index in [2.05, 4.69) is 46.7 Å². The first-order chi connectivity index (χ1) is 16.0. The van der Waals surface area contributed by atoms with Crippen molar-refractivity contribution in [2.45, 2.75) is 69.8 Å². The normalized spacial score (nSPS) is 14.0. The van der Waals surface area contributed by atoms with Gasteiger partial charge in [0, 0.05) is 17.2 Å². The number of benzene rings is 2. The third-order valence-electron chi connectivity index (χ3n) is 6.26. The van der Waals surface area contributed by atoms with Crippen LogP contribution in [-0.2, 0) is 17.1 Å². The molecule has 1 aromatic heterocycles. The van der Waals surface area contributed by atoms with Gasteiger partial charge in [-0.25, -0.2) is 0 Å². The number of carbonyl (C=O) groups excluding carboxylic acids is 1. The average Bonchev–Trinajstić information content (AvgIpc) is 3.46. The van der Waals surface area contributed by atoms with E-state index in [1.807, 2.05) is 29.7 Å². The summed E-state index contributed by atoms with van der Waals surface area (Å²) >= 11 is 7.96. The van der Waals surface area contributed by atoms with Gasteiger partial charge in [-0.15, -0.1) is 10.2 Å². The van der Waals surface area contributed by atoms with Gasteiger partial charge >= 0.3 is 0 Å². The molecule has 5 nitrogen and oxygen atoms in total. The van der Waals surface area contributed by atoms with Gasteiger partial charge < -0.3 is 5.32 Å². The van der Waals surface area contributed by atoms with Gasteiger partial charge in [0.1, 0.15) is 0 Å². The zero-order valence-electron chi connectivity index (χ0n) is 19.3. The summed E-state index contributed by atoms with van der Waals surface area (Å²) in [6.45, 7) is 4.48. The fraction of sp³-hybridized carbons (Fsp3) is 0.423. The highest BCUT2D eigenvalue weighted by atomic mass is 35.5. The van der Waals surface area contributed by atoms with Gasteiger partial charge in [-0.05, 0) is 49.4 Å². The van der Waals surface area contributed by atoms with E-state index in [1.165, 1.54) is 36.8 Å². The Morgan fingerprint density at radius 2 is 1.97 bits per heavy atom. The first-order valence-electron chi connectivity index (χ1n) is 11.7. The van der Waals surface area contributed by atoms with Gasteiger partial charge in [-0.3, -0.25) is 9.36 Å². The van der Waals surface area contributed by atoms with Gasteiger partial charge in [0.25, 0.3) is 0 Å². The standard InChI is InChI=1S/C26H31ClN4OS/c1-18-6-5-9-21(14-18)17-33-26-30-29-24(31(26)23-15-22(27)12-10-19(23)2)16-28-25(32)13-11-20-7-3-4-8-20/h5-6,9-10,12,14-15,20H,3-4,7-8,11,13,16-17H2,1-2H3,(H,28,32). The molecule has 1 aliphatic carbocycles. The average molecular weight is 483 g/mol. The Hall–Kier alpha value is -2.31. The smallest absolute Gasteiger partial charge is 0.220 e. The maximum atomic E-state index is 12.5. The summed E-state index contributed by atoms with van der Waals surface area (Å²) in [5.74, 6) is 2.28. The monoisotopic (exact) mass is 482 g/mol. The Balaban J connectivity index is 1.50. The quantitative estimate of drug-likeness (QED) is 0.357. The van der Waals surface area contributed by atoms with Crippen LogP contribution in [0.2, 0.25) is 5.02 Å². The Morgan fingerprint density at radius 1 is 1.15 bits per heavy atom. The molecular formula is C26H31ClN4OS. The molecule has 0 spiro atoms. The van der Waals surface area contributed by atoms with Crippen molar-refractivity contribution in [2.24, 2.45) is 5.92 Å². The van der Waals surface area contributed by atoms with Crippen LogP contribution in [0.4, 0.5) is 0 Å². The highest BCUT2D eigenvalue weighted by Crippen LogP contribution is 2.30. The number of thioether (sulfide) groups is 1. The van der Waals surface area contributed by atoms with Crippen LogP contribution >= 0.6 is 23.4 Å². The summed E-state index contributed by atoms with van der Waals surface area (Å²) in [5.41, 5.74) is 4.49. The Morgan fingerprint density at radius 3 is 2.76 bits per heavy atom. The molecule has 0 aliphatic heterocycles. The Bertz CT molecular complexity index is 1110. The molecule has 1 N–H and O–H groups in total. The van der Waals surface area contributed by atoms with Crippen LogP contribution in [0.1, 0.15) is 61.0 Å². The number of aryl methyl sites for hydroxylation is 2. The molecule has 0 atom stereocenters. The minimum absolute atomic E-state index is 0.0771. The van der Waals surface area contributed by atoms with Crippen molar-refractivity contribution in [3.8, 4) is 5.69 Å². The number of hydrogen-bond acceptors (Lipinski definition) is 4. The fourth-order valence-electron chi connectivity index (χ4n) is 4.42.